The minimum absolute atomic E-state index is 0.467. The SMILES string of the molecule is CCc1c(C#N)c(N2c3ccccc3Oc3ccccc32)c(C#N)c(CC)c1N1c2ccccc2Oc2ccccc21. The second kappa shape index (κ2) is 10.0. The monoisotopic (exact) mass is 546 g/mol. The Hall–Kier alpha value is -5.72. The Bertz CT molecular complexity index is 1830. The standard InChI is InChI=1S/C36H26N4O2/c1-3-23-25(21-37)36(40-29-15-7-11-19-33(29)42-34-20-12-8-16-30(34)40)26(22-38)24(4-2)35(23)39-27-13-5-9-17-31(27)41-32-18-10-6-14-28(32)39/h5-20H,3-4H2,1-2H3. The van der Waals surface area contributed by atoms with Crippen molar-refractivity contribution in [2.45, 2.75) is 26.7 Å². The van der Waals surface area contributed by atoms with Crippen LogP contribution in [-0.2, 0) is 12.8 Å². The van der Waals surface area contributed by atoms with Gasteiger partial charge in [-0.1, -0.05) is 62.4 Å². The van der Waals surface area contributed by atoms with Crippen LogP contribution in [0.2, 0.25) is 0 Å². The highest BCUT2D eigenvalue weighted by Crippen LogP contribution is 2.57. The van der Waals surface area contributed by atoms with Crippen LogP contribution < -0.4 is 19.3 Å². The molecule has 0 aliphatic carbocycles. The van der Waals surface area contributed by atoms with Gasteiger partial charge < -0.3 is 19.3 Å². The zero-order valence-corrected chi connectivity index (χ0v) is 23.3. The molecule has 0 saturated heterocycles. The number of rotatable bonds is 4. The molecule has 6 heteroatoms. The van der Waals surface area contributed by atoms with Gasteiger partial charge in [-0.25, -0.2) is 0 Å². The molecule has 0 saturated carbocycles. The van der Waals surface area contributed by atoms with Gasteiger partial charge in [0.2, 0.25) is 0 Å². The third-order valence-corrected chi connectivity index (χ3v) is 7.89. The first-order chi connectivity index (χ1) is 20.7. The molecule has 5 aromatic carbocycles. The summed E-state index contributed by atoms with van der Waals surface area (Å²) in [5.41, 5.74) is 7.40. The maximum absolute atomic E-state index is 10.9. The fraction of sp³-hybridized carbons (Fsp3) is 0.111. The molecule has 202 valence electrons. The summed E-state index contributed by atoms with van der Waals surface area (Å²) in [6.45, 7) is 4.13. The Kier molecular flexibility index (Phi) is 6.03. The zero-order valence-electron chi connectivity index (χ0n) is 23.3. The number of hydrogen-bond donors (Lipinski definition) is 0. The smallest absolute Gasteiger partial charge is 0.151 e. The molecule has 0 atom stereocenters. The summed E-state index contributed by atoms with van der Waals surface area (Å²) in [5.74, 6) is 2.77. The number of benzene rings is 5. The van der Waals surface area contributed by atoms with Crippen LogP contribution in [0, 0.1) is 22.7 Å². The number of ether oxygens (including phenoxy) is 2. The zero-order chi connectivity index (χ0) is 28.8. The van der Waals surface area contributed by atoms with E-state index < -0.39 is 0 Å². The van der Waals surface area contributed by atoms with Crippen molar-refractivity contribution in [1.29, 1.82) is 10.5 Å². The summed E-state index contributed by atoms with van der Waals surface area (Å²) in [6, 6.07) is 36.3. The fourth-order valence-corrected chi connectivity index (χ4v) is 6.14. The maximum Gasteiger partial charge on any atom is 0.151 e. The summed E-state index contributed by atoms with van der Waals surface area (Å²) >= 11 is 0. The van der Waals surface area contributed by atoms with Crippen LogP contribution in [0.25, 0.3) is 0 Å². The van der Waals surface area contributed by atoms with E-state index >= 15 is 0 Å². The number of para-hydroxylation sites is 8. The summed E-state index contributed by atoms with van der Waals surface area (Å²) < 4.78 is 12.5. The van der Waals surface area contributed by atoms with E-state index in [0.29, 0.717) is 41.2 Å². The van der Waals surface area contributed by atoms with E-state index in [2.05, 4.69) is 30.9 Å². The molecule has 6 nitrogen and oxygen atoms in total. The average Bonchev–Trinajstić information content (AvgIpc) is 3.04. The first kappa shape index (κ1) is 25.3. The van der Waals surface area contributed by atoms with Gasteiger partial charge in [-0.05, 0) is 72.5 Å². The van der Waals surface area contributed by atoms with Crippen molar-refractivity contribution in [2.24, 2.45) is 0 Å². The molecular weight excluding hydrogens is 520 g/mol. The maximum atomic E-state index is 10.9. The first-order valence-corrected chi connectivity index (χ1v) is 14.0. The van der Waals surface area contributed by atoms with E-state index in [1.165, 1.54) is 0 Å². The number of nitriles is 2. The van der Waals surface area contributed by atoms with Crippen LogP contribution in [0.15, 0.2) is 97.1 Å². The van der Waals surface area contributed by atoms with E-state index in [9.17, 15) is 10.5 Å². The summed E-state index contributed by atoms with van der Waals surface area (Å²) in [5, 5.41) is 21.8. The summed E-state index contributed by atoms with van der Waals surface area (Å²) in [7, 11) is 0. The van der Waals surface area contributed by atoms with E-state index in [1.807, 2.05) is 102 Å². The van der Waals surface area contributed by atoms with Crippen LogP contribution in [-0.4, -0.2) is 0 Å². The molecule has 2 aliphatic rings. The Morgan fingerprint density at radius 1 is 0.500 bits per heavy atom. The largest absolute Gasteiger partial charge is 0.453 e. The van der Waals surface area contributed by atoms with Crippen molar-refractivity contribution < 1.29 is 9.47 Å². The molecule has 0 N–H and O–H groups in total. The van der Waals surface area contributed by atoms with Gasteiger partial charge in [-0.3, -0.25) is 0 Å². The molecule has 0 spiro atoms. The fourth-order valence-electron chi connectivity index (χ4n) is 6.14. The lowest BCUT2D eigenvalue weighted by Gasteiger charge is -2.38. The van der Waals surface area contributed by atoms with Gasteiger partial charge in [0.05, 0.1) is 45.3 Å². The predicted molar refractivity (Wildman–Crippen MR) is 164 cm³/mol. The molecule has 0 bridgehead atoms. The summed E-state index contributed by atoms with van der Waals surface area (Å²) in [6.07, 6.45) is 1.17. The quantitative estimate of drug-likeness (QED) is 0.219. The van der Waals surface area contributed by atoms with E-state index in [-0.39, 0.29) is 0 Å². The van der Waals surface area contributed by atoms with Crippen LogP contribution in [0.5, 0.6) is 23.0 Å². The molecule has 0 radical (unpaired) electrons. The lowest BCUT2D eigenvalue weighted by atomic mass is 9.88. The topological polar surface area (TPSA) is 72.5 Å². The number of nitrogens with zero attached hydrogens (tertiary/aromatic N) is 4. The minimum Gasteiger partial charge on any atom is -0.453 e. The third-order valence-electron chi connectivity index (χ3n) is 7.89. The molecule has 2 aliphatic heterocycles. The van der Waals surface area contributed by atoms with Gasteiger partial charge in [0.1, 0.15) is 12.1 Å². The highest BCUT2D eigenvalue weighted by molar-refractivity contribution is 5.97. The van der Waals surface area contributed by atoms with Gasteiger partial charge in [0.25, 0.3) is 0 Å². The van der Waals surface area contributed by atoms with Crippen molar-refractivity contribution in [1.82, 2.24) is 0 Å². The number of hydrogen-bond acceptors (Lipinski definition) is 6. The van der Waals surface area contributed by atoms with Crippen molar-refractivity contribution in [3.63, 3.8) is 0 Å². The average molecular weight is 547 g/mol. The number of fused-ring (bicyclic) bond motifs is 4. The first-order valence-electron chi connectivity index (χ1n) is 14.0. The molecule has 5 aromatic rings. The van der Waals surface area contributed by atoms with E-state index in [4.69, 9.17) is 9.47 Å². The van der Waals surface area contributed by atoms with Gasteiger partial charge in [0.15, 0.2) is 23.0 Å². The Balaban J connectivity index is 1.60. The minimum atomic E-state index is 0.467. The molecule has 0 unspecified atom stereocenters. The molecule has 42 heavy (non-hydrogen) atoms. The van der Waals surface area contributed by atoms with Crippen LogP contribution in [0.4, 0.5) is 34.1 Å². The van der Waals surface area contributed by atoms with Gasteiger partial charge in [-0.15, -0.1) is 0 Å². The normalized spacial score (nSPS) is 12.5. The van der Waals surface area contributed by atoms with Crippen LogP contribution in [0.3, 0.4) is 0 Å². The van der Waals surface area contributed by atoms with Gasteiger partial charge >= 0.3 is 0 Å². The lowest BCUT2D eigenvalue weighted by Crippen LogP contribution is -2.23. The Morgan fingerprint density at radius 2 is 0.810 bits per heavy atom. The highest BCUT2D eigenvalue weighted by Gasteiger charge is 2.36. The van der Waals surface area contributed by atoms with E-state index in [1.54, 1.807) is 0 Å². The molecular formula is C36H26N4O2. The van der Waals surface area contributed by atoms with Crippen molar-refractivity contribution >= 4 is 34.1 Å². The Morgan fingerprint density at radius 3 is 1.12 bits per heavy atom. The van der Waals surface area contributed by atoms with Crippen molar-refractivity contribution in [2.75, 3.05) is 9.80 Å². The van der Waals surface area contributed by atoms with Gasteiger partial charge in [-0.2, -0.15) is 10.5 Å². The molecule has 2 heterocycles. The number of anilines is 6. The van der Waals surface area contributed by atoms with E-state index in [0.717, 1.165) is 51.1 Å². The predicted octanol–water partition coefficient (Wildman–Crippen LogP) is 9.71. The van der Waals surface area contributed by atoms with Crippen molar-refractivity contribution in [3.8, 4) is 35.1 Å². The third kappa shape index (κ3) is 3.63. The second-order valence-corrected chi connectivity index (χ2v) is 10.1. The van der Waals surface area contributed by atoms with Crippen LogP contribution >= 0.6 is 0 Å². The highest BCUT2D eigenvalue weighted by atomic mass is 16.5. The van der Waals surface area contributed by atoms with Crippen LogP contribution in [0.1, 0.15) is 36.1 Å². The molecule has 0 fully saturated rings. The second-order valence-electron chi connectivity index (χ2n) is 10.1. The van der Waals surface area contributed by atoms with Crippen molar-refractivity contribution in [3.05, 3.63) is 119 Å². The molecule has 7 rings (SSSR count). The van der Waals surface area contributed by atoms with Gasteiger partial charge in [0, 0.05) is 0 Å². The Labute approximate surface area is 244 Å². The lowest BCUT2D eigenvalue weighted by molar-refractivity contribution is 0.476. The molecule has 0 aromatic heterocycles. The summed E-state index contributed by atoms with van der Waals surface area (Å²) in [4.78, 5) is 4.19. The molecule has 0 amide bonds.